The summed E-state index contributed by atoms with van der Waals surface area (Å²) in [7, 11) is 0. The van der Waals surface area contributed by atoms with Crippen LogP contribution in [0.5, 0.6) is 0 Å². The standard InChI is InChI=1S/C6H8O3/c7-6(8)3-1-2-5-4-9-5/h1,3,5H,2,4H2,(H,7,8). The second-order valence-corrected chi connectivity index (χ2v) is 1.93. The van der Waals surface area contributed by atoms with Crippen molar-refractivity contribution in [3.63, 3.8) is 0 Å². The van der Waals surface area contributed by atoms with Crippen molar-refractivity contribution in [2.75, 3.05) is 6.61 Å². The van der Waals surface area contributed by atoms with Gasteiger partial charge in [0, 0.05) is 6.08 Å². The molecule has 1 aliphatic rings. The van der Waals surface area contributed by atoms with Crippen LogP contribution in [0.4, 0.5) is 0 Å². The molecule has 1 fully saturated rings. The van der Waals surface area contributed by atoms with Gasteiger partial charge in [-0.25, -0.2) is 4.79 Å². The summed E-state index contributed by atoms with van der Waals surface area (Å²) < 4.78 is 4.85. The maximum atomic E-state index is 9.87. The Morgan fingerprint density at radius 1 is 1.89 bits per heavy atom. The molecule has 9 heavy (non-hydrogen) atoms. The highest BCUT2D eigenvalue weighted by Crippen LogP contribution is 2.13. The summed E-state index contributed by atoms with van der Waals surface area (Å²) >= 11 is 0. The van der Waals surface area contributed by atoms with Crippen LogP contribution in [0.2, 0.25) is 0 Å². The van der Waals surface area contributed by atoms with Gasteiger partial charge < -0.3 is 9.84 Å². The van der Waals surface area contributed by atoms with Gasteiger partial charge in [-0.2, -0.15) is 0 Å². The summed E-state index contributed by atoms with van der Waals surface area (Å²) in [6.07, 6.45) is 3.77. The molecule has 0 aromatic heterocycles. The highest BCUT2D eigenvalue weighted by molar-refractivity contribution is 5.79. The lowest BCUT2D eigenvalue weighted by Crippen LogP contribution is -1.87. The minimum atomic E-state index is -0.893. The van der Waals surface area contributed by atoms with Crippen LogP contribution in [-0.4, -0.2) is 23.8 Å². The molecule has 0 saturated carbocycles. The van der Waals surface area contributed by atoms with Gasteiger partial charge in [0.25, 0.3) is 0 Å². The minimum absolute atomic E-state index is 0.292. The minimum Gasteiger partial charge on any atom is -0.478 e. The van der Waals surface area contributed by atoms with Gasteiger partial charge in [-0.15, -0.1) is 0 Å². The van der Waals surface area contributed by atoms with Crippen molar-refractivity contribution in [1.82, 2.24) is 0 Å². The molecule has 50 valence electrons. The highest BCUT2D eigenvalue weighted by Gasteiger charge is 2.19. The van der Waals surface area contributed by atoms with Crippen LogP contribution in [-0.2, 0) is 9.53 Å². The molecule has 1 atom stereocenters. The first kappa shape index (κ1) is 6.29. The van der Waals surface area contributed by atoms with Crippen molar-refractivity contribution in [1.29, 1.82) is 0 Å². The quantitative estimate of drug-likeness (QED) is 0.442. The van der Waals surface area contributed by atoms with E-state index >= 15 is 0 Å². The lowest BCUT2D eigenvalue weighted by atomic mass is 10.3. The summed E-state index contributed by atoms with van der Waals surface area (Å²) in [6.45, 7) is 0.782. The average molecular weight is 128 g/mol. The van der Waals surface area contributed by atoms with Gasteiger partial charge >= 0.3 is 5.97 Å². The van der Waals surface area contributed by atoms with Crippen molar-refractivity contribution >= 4 is 5.97 Å². The molecule has 0 radical (unpaired) electrons. The lowest BCUT2D eigenvalue weighted by Gasteiger charge is -1.79. The van der Waals surface area contributed by atoms with Gasteiger partial charge in [0.05, 0.1) is 12.7 Å². The summed E-state index contributed by atoms with van der Waals surface area (Å²) in [4.78, 5) is 9.87. The van der Waals surface area contributed by atoms with Crippen LogP contribution in [0, 0.1) is 0 Å². The van der Waals surface area contributed by atoms with Crippen LogP contribution in [0.25, 0.3) is 0 Å². The first-order valence-electron chi connectivity index (χ1n) is 2.80. The van der Waals surface area contributed by atoms with E-state index in [1.807, 2.05) is 0 Å². The molecule has 0 amide bonds. The van der Waals surface area contributed by atoms with E-state index in [9.17, 15) is 4.79 Å². The molecule has 0 bridgehead atoms. The van der Waals surface area contributed by atoms with E-state index in [0.717, 1.165) is 19.1 Å². The zero-order valence-corrected chi connectivity index (χ0v) is 4.91. The first-order valence-corrected chi connectivity index (χ1v) is 2.80. The van der Waals surface area contributed by atoms with E-state index < -0.39 is 5.97 Å². The number of hydrogen-bond acceptors (Lipinski definition) is 2. The number of aliphatic carboxylic acids is 1. The van der Waals surface area contributed by atoms with Crippen LogP contribution < -0.4 is 0 Å². The Kier molecular flexibility index (Phi) is 1.85. The number of carbonyl (C=O) groups is 1. The molecule has 3 heteroatoms. The molecule has 1 heterocycles. The predicted octanol–water partition coefficient (Wildman–Crippen LogP) is 0.416. The third kappa shape index (κ3) is 2.87. The van der Waals surface area contributed by atoms with Crippen LogP contribution in [0.3, 0.4) is 0 Å². The number of hydrogen-bond donors (Lipinski definition) is 1. The fourth-order valence-corrected chi connectivity index (χ4v) is 0.525. The second-order valence-electron chi connectivity index (χ2n) is 1.93. The number of epoxide rings is 1. The van der Waals surface area contributed by atoms with Crippen molar-refractivity contribution in [3.05, 3.63) is 12.2 Å². The SMILES string of the molecule is O=C(O)C=CCC1CO1. The van der Waals surface area contributed by atoms with E-state index in [1.54, 1.807) is 6.08 Å². The number of ether oxygens (including phenoxy) is 1. The van der Waals surface area contributed by atoms with Crippen LogP contribution in [0.1, 0.15) is 6.42 Å². The summed E-state index contributed by atoms with van der Waals surface area (Å²) in [5.74, 6) is -0.893. The van der Waals surface area contributed by atoms with E-state index in [-0.39, 0.29) is 0 Å². The van der Waals surface area contributed by atoms with E-state index in [0.29, 0.717) is 6.10 Å². The Hall–Kier alpha value is -0.830. The van der Waals surface area contributed by atoms with Crippen LogP contribution in [0.15, 0.2) is 12.2 Å². The van der Waals surface area contributed by atoms with Gasteiger partial charge in [0.1, 0.15) is 0 Å². The van der Waals surface area contributed by atoms with Crippen molar-refractivity contribution in [3.8, 4) is 0 Å². The first-order chi connectivity index (χ1) is 4.29. The molecule has 1 aliphatic heterocycles. The van der Waals surface area contributed by atoms with Gasteiger partial charge in [-0.3, -0.25) is 0 Å². The van der Waals surface area contributed by atoms with E-state index in [4.69, 9.17) is 9.84 Å². The van der Waals surface area contributed by atoms with E-state index in [1.165, 1.54) is 0 Å². The van der Waals surface area contributed by atoms with Crippen molar-refractivity contribution in [2.45, 2.75) is 12.5 Å². The summed E-state index contributed by atoms with van der Waals surface area (Å²) in [5.41, 5.74) is 0. The van der Waals surface area contributed by atoms with E-state index in [2.05, 4.69) is 0 Å². The topological polar surface area (TPSA) is 49.8 Å². The molecule has 3 nitrogen and oxygen atoms in total. The zero-order valence-electron chi connectivity index (χ0n) is 4.91. The lowest BCUT2D eigenvalue weighted by molar-refractivity contribution is -0.131. The normalized spacial score (nSPS) is 24.7. The Morgan fingerprint density at radius 2 is 2.56 bits per heavy atom. The van der Waals surface area contributed by atoms with Crippen molar-refractivity contribution < 1.29 is 14.6 Å². The Labute approximate surface area is 52.9 Å². The molecule has 1 rings (SSSR count). The molecular formula is C6H8O3. The fraction of sp³-hybridized carbons (Fsp3) is 0.500. The number of carboxylic acids is 1. The maximum Gasteiger partial charge on any atom is 0.327 e. The number of carboxylic acid groups (broad SMARTS) is 1. The Bertz CT molecular complexity index is 135. The molecule has 1 unspecified atom stereocenters. The monoisotopic (exact) mass is 128 g/mol. The molecule has 0 aliphatic carbocycles. The average Bonchev–Trinajstić information content (AvgIpc) is 2.48. The molecule has 0 aromatic rings. The summed E-state index contributed by atoms with van der Waals surface area (Å²) in [5, 5.41) is 8.12. The fourth-order valence-electron chi connectivity index (χ4n) is 0.525. The molecule has 1 saturated heterocycles. The van der Waals surface area contributed by atoms with Gasteiger partial charge in [-0.1, -0.05) is 6.08 Å². The maximum absolute atomic E-state index is 9.87. The van der Waals surface area contributed by atoms with Crippen LogP contribution >= 0.6 is 0 Å². The molecule has 0 aromatic carbocycles. The third-order valence-electron chi connectivity index (χ3n) is 1.06. The Morgan fingerprint density at radius 3 is 3.00 bits per heavy atom. The summed E-state index contributed by atoms with van der Waals surface area (Å²) in [6, 6.07) is 0. The Balaban J connectivity index is 2.08. The van der Waals surface area contributed by atoms with Gasteiger partial charge in [-0.05, 0) is 6.42 Å². The smallest absolute Gasteiger partial charge is 0.327 e. The zero-order chi connectivity index (χ0) is 6.69. The largest absolute Gasteiger partial charge is 0.478 e. The third-order valence-corrected chi connectivity index (χ3v) is 1.06. The van der Waals surface area contributed by atoms with Gasteiger partial charge in [0.15, 0.2) is 0 Å². The second kappa shape index (κ2) is 2.64. The molecule has 0 spiro atoms. The van der Waals surface area contributed by atoms with Crippen molar-refractivity contribution in [2.24, 2.45) is 0 Å². The number of rotatable bonds is 3. The molecular weight excluding hydrogens is 120 g/mol. The predicted molar refractivity (Wildman–Crippen MR) is 31.1 cm³/mol. The molecule has 1 N–H and O–H groups in total. The highest BCUT2D eigenvalue weighted by atomic mass is 16.6. The van der Waals surface area contributed by atoms with Gasteiger partial charge in [0.2, 0.25) is 0 Å².